The van der Waals surface area contributed by atoms with Crippen LogP contribution in [0.25, 0.3) is 11.0 Å². The average Bonchev–Trinajstić information content (AvgIpc) is 3.26. The number of aryl methyl sites for hydroxylation is 1. The maximum Gasteiger partial charge on any atom is 0.274 e. The highest BCUT2D eigenvalue weighted by Crippen LogP contribution is 2.39. The van der Waals surface area contributed by atoms with E-state index in [2.05, 4.69) is 15.4 Å². The Morgan fingerprint density at radius 1 is 1.59 bits per heavy atom. The Morgan fingerprint density at radius 2 is 2.32 bits per heavy atom. The highest BCUT2D eigenvalue weighted by atomic mass is 16.5. The van der Waals surface area contributed by atoms with Gasteiger partial charge in [-0.2, -0.15) is 0 Å². The first-order valence-electron chi connectivity index (χ1n) is 7.40. The molecular formula is C15H20N4O3. The third-order valence-corrected chi connectivity index (χ3v) is 3.87. The Balaban J connectivity index is 2.06. The van der Waals surface area contributed by atoms with E-state index in [1.165, 1.54) is 0 Å². The molecule has 1 saturated carbocycles. The molecule has 1 aliphatic rings. The number of rotatable bonds is 5. The van der Waals surface area contributed by atoms with Crippen LogP contribution in [0.3, 0.4) is 0 Å². The molecule has 2 heterocycles. The zero-order valence-corrected chi connectivity index (χ0v) is 13.0. The van der Waals surface area contributed by atoms with Gasteiger partial charge >= 0.3 is 0 Å². The number of H-pyrrole nitrogens is 1. The minimum absolute atomic E-state index is 0.132. The lowest BCUT2D eigenvalue weighted by molar-refractivity contribution is 0.0907. The zero-order chi connectivity index (χ0) is 15.9. The van der Waals surface area contributed by atoms with Gasteiger partial charge in [0.25, 0.3) is 11.5 Å². The van der Waals surface area contributed by atoms with Crippen molar-refractivity contribution >= 4 is 16.9 Å². The van der Waals surface area contributed by atoms with Crippen molar-refractivity contribution in [2.75, 3.05) is 13.7 Å². The first-order valence-corrected chi connectivity index (χ1v) is 7.40. The summed E-state index contributed by atoms with van der Waals surface area (Å²) in [6.45, 7) is 2.28. The molecular weight excluding hydrogens is 284 g/mol. The maximum absolute atomic E-state index is 12.5. The molecule has 118 valence electrons. The van der Waals surface area contributed by atoms with Gasteiger partial charge in [0.15, 0.2) is 5.65 Å². The molecule has 0 bridgehead atoms. The van der Waals surface area contributed by atoms with Crippen molar-refractivity contribution < 1.29 is 9.53 Å². The number of aromatic amines is 1. The standard InChI is InChI=1S/C15H20N4O3/c1-8(7-22-3)16-14(20)10-6-11(9-4-5-9)17-13-12(10)15(21)18-19(13)2/h6,8-9H,4-5,7H2,1-3H3,(H,16,20)(H,18,21)/t8-/m0/s1. The number of amides is 1. The number of ether oxygens (including phenoxy) is 1. The second-order valence-electron chi connectivity index (χ2n) is 5.90. The van der Waals surface area contributed by atoms with Crippen molar-refractivity contribution in [2.45, 2.75) is 31.7 Å². The predicted molar refractivity (Wildman–Crippen MR) is 82.1 cm³/mol. The van der Waals surface area contributed by atoms with E-state index < -0.39 is 0 Å². The third-order valence-electron chi connectivity index (χ3n) is 3.87. The van der Waals surface area contributed by atoms with Crippen LogP contribution in [0.1, 0.15) is 41.7 Å². The fourth-order valence-corrected chi connectivity index (χ4v) is 2.64. The number of carbonyl (C=O) groups is 1. The predicted octanol–water partition coefficient (Wildman–Crippen LogP) is 0.904. The van der Waals surface area contributed by atoms with Gasteiger partial charge in [-0.1, -0.05) is 0 Å². The summed E-state index contributed by atoms with van der Waals surface area (Å²) in [5.41, 5.74) is 1.50. The molecule has 0 aliphatic heterocycles. The van der Waals surface area contributed by atoms with Crippen LogP contribution in [0.5, 0.6) is 0 Å². The van der Waals surface area contributed by atoms with E-state index in [1.807, 2.05) is 6.92 Å². The first-order chi connectivity index (χ1) is 10.5. The van der Waals surface area contributed by atoms with Crippen LogP contribution < -0.4 is 10.9 Å². The van der Waals surface area contributed by atoms with E-state index in [1.54, 1.807) is 24.9 Å². The number of hydrogen-bond acceptors (Lipinski definition) is 4. The van der Waals surface area contributed by atoms with Crippen LogP contribution in [-0.4, -0.2) is 40.4 Å². The lowest BCUT2D eigenvalue weighted by Crippen LogP contribution is -2.36. The van der Waals surface area contributed by atoms with E-state index in [0.29, 0.717) is 29.1 Å². The number of carbonyl (C=O) groups excluding carboxylic acids is 1. The van der Waals surface area contributed by atoms with E-state index in [-0.39, 0.29) is 17.5 Å². The number of hydrogen-bond donors (Lipinski definition) is 2. The molecule has 0 aromatic carbocycles. The molecule has 1 atom stereocenters. The van der Waals surface area contributed by atoms with E-state index in [9.17, 15) is 9.59 Å². The molecule has 0 unspecified atom stereocenters. The van der Waals surface area contributed by atoms with Crippen molar-refractivity contribution in [3.63, 3.8) is 0 Å². The lowest BCUT2D eigenvalue weighted by atomic mass is 10.1. The molecule has 2 aromatic rings. The first kappa shape index (κ1) is 14.8. The highest BCUT2D eigenvalue weighted by molar-refractivity contribution is 6.05. The molecule has 3 rings (SSSR count). The maximum atomic E-state index is 12.5. The Kier molecular flexibility index (Phi) is 3.74. The smallest absolute Gasteiger partial charge is 0.274 e. The number of methoxy groups -OCH3 is 1. The SMILES string of the molecule is COC[C@H](C)NC(=O)c1cc(C2CC2)nc2c1c(=O)[nH]n2C. The van der Waals surface area contributed by atoms with E-state index >= 15 is 0 Å². The van der Waals surface area contributed by atoms with Gasteiger partial charge in [0.05, 0.1) is 17.6 Å². The average molecular weight is 304 g/mol. The largest absolute Gasteiger partial charge is 0.383 e. The van der Waals surface area contributed by atoms with Gasteiger partial charge in [0.2, 0.25) is 0 Å². The van der Waals surface area contributed by atoms with Gasteiger partial charge in [-0.25, -0.2) is 4.98 Å². The monoisotopic (exact) mass is 304 g/mol. The number of fused-ring (bicyclic) bond motifs is 1. The normalized spacial score (nSPS) is 16.0. The number of nitrogens with one attached hydrogen (secondary N) is 2. The summed E-state index contributed by atoms with van der Waals surface area (Å²) >= 11 is 0. The molecule has 22 heavy (non-hydrogen) atoms. The lowest BCUT2D eigenvalue weighted by Gasteiger charge is -2.13. The third kappa shape index (κ3) is 2.64. The number of aromatic nitrogens is 3. The summed E-state index contributed by atoms with van der Waals surface area (Å²) < 4.78 is 6.60. The van der Waals surface area contributed by atoms with Crippen LogP contribution >= 0.6 is 0 Å². The van der Waals surface area contributed by atoms with Crippen molar-refractivity contribution in [3.05, 3.63) is 27.7 Å². The van der Waals surface area contributed by atoms with E-state index in [0.717, 1.165) is 18.5 Å². The fourth-order valence-electron chi connectivity index (χ4n) is 2.64. The molecule has 0 saturated heterocycles. The van der Waals surface area contributed by atoms with Crippen molar-refractivity contribution in [1.29, 1.82) is 0 Å². The molecule has 1 aliphatic carbocycles. The topological polar surface area (TPSA) is 89.0 Å². The van der Waals surface area contributed by atoms with Gasteiger partial charge in [0, 0.05) is 31.8 Å². The summed E-state index contributed by atoms with van der Waals surface area (Å²) in [6.07, 6.45) is 2.16. The Hall–Kier alpha value is -2.15. The van der Waals surface area contributed by atoms with Gasteiger partial charge in [0.1, 0.15) is 0 Å². The van der Waals surface area contributed by atoms with E-state index in [4.69, 9.17) is 4.74 Å². The molecule has 1 fully saturated rings. The van der Waals surface area contributed by atoms with Crippen LogP contribution in [0.15, 0.2) is 10.9 Å². The highest BCUT2D eigenvalue weighted by Gasteiger charge is 2.28. The molecule has 0 spiro atoms. The summed E-state index contributed by atoms with van der Waals surface area (Å²) in [4.78, 5) is 29.2. The fraction of sp³-hybridized carbons (Fsp3) is 0.533. The zero-order valence-electron chi connectivity index (χ0n) is 13.0. The van der Waals surface area contributed by atoms with Crippen molar-refractivity contribution in [2.24, 2.45) is 7.05 Å². The van der Waals surface area contributed by atoms with Crippen molar-refractivity contribution in [3.8, 4) is 0 Å². The summed E-state index contributed by atoms with van der Waals surface area (Å²) in [5, 5.41) is 5.87. The van der Waals surface area contributed by atoms with Gasteiger partial charge in [-0.15, -0.1) is 0 Å². The Morgan fingerprint density at radius 3 is 2.95 bits per heavy atom. The number of nitrogens with zero attached hydrogens (tertiary/aromatic N) is 2. The van der Waals surface area contributed by atoms with Crippen LogP contribution in [0, 0.1) is 0 Å². The summed E-state index contributed by atoms with van der Waals surface area (Å²) in [6, 6.07) is 1.62. The molecule has 7 heteroatoms. The molecule has 0 radical (unpaired) electrons. The van der Waals surface area contributed by atoms with Gasteiger partial charge in [-0.3, -0.25) is 19.4 Å². The summed E-state index contributed by atoms with van der Waals surface area (Å²) in [5.74, 6) is 0.132. The van der Waals surface area contributed by atoms with Crippen LogP contribution in [0.2, 0.25) is 0 Å². The minimum Gasteiger partial charge on any atom is -0.383 e. The van der Waals surface area contributed by atoms with Gasteiger partial charge in [-0.05, 0) is 25.8 Å². The Bertz CT molecular complexity index is 773. The second-order valence-corrected chi connectivity index (χ2v) is 5.90. The van der Waals surface area contributed by atoms with Crippen molar-refractivity contribution in [1.82, 2.24) is 20.1 Å². The Labute approximate surface area is 127 Å². The number of pyridine rings is 1. The molecule has 1 amide bonds. The summed E-state index contributed by atoms with van der Waals surface area (Å²) in [7, 11) is 3.31. The minimum atomic E-state index is -0.295. The van der Waals surface area contributed by atoms with Crippen LogP contribution in [-0.2, 0) is 11.8 Å². The molecule has 2 N–H and O–H groups in total. The molecule has 7 nitrogen and oxygen atoms in total. The molecule has 2 aromatic heterocycles. The second kappa shape index (κ2) is 5.57. The van der Waals surface area contributed by atoms with Gasteiger partial charge < -0.3 is 10.1 Å². The quantitative estimate of drug-likeness (QED) is 0.859. The van der Waals surface area contributed by atoms with Crippen LogP contribution in [0.4, 0.5) is 0 Å².